The summed E-state index contributed by atoms with van der Waals surface area (Å²) in [5, 5.41) is 4.99. The Bertz CT molecular complexity index is 1050. The first-order valence-corrected chi connectivity index (χ1v) is 10.3. The molecule has 0 bridgehead atoms. The molecule has 3 aromatic carbocycles. The number of rotatable bonds is 4. The predicted octanol–water partition coefficient (Wildman–Crippen LogP) is 7.10. The fraction of sp³-hybridized carbons (Fsp3) is 0.0870. The van der Waals surface area contributed by atoms with Crippen LogP contribution in [0.1, 0.15) is 11.1 Å². The van der Waals surface area contributed by atoms with Gasteiger partial charge in [-0.1, -0.05) is 86.5 Å². The van der Waals surface area contributed by atoms with Gasteiger partial charge in [0.2, 0.25) is 0 Å². The molecule has 0 N–H and O–H groups in total. The Hall–Kier alpha value is -2.17. The Balaban J connectivity index is 1.86. The van der Waals surface area contributed by atoms with E-state index in [0.717, 1.165) is 32.4 Å². The van der Waals surface area contributed by atoms with Crippen molar-refractivity contribution in [3.63, 3.8) is 0 Å². The van der Waals surface area contributed by atoms with Gasteiger partial charge in [-0.05, 0) is 36.8 Å². The van der Waals surface area contributed by atoms with Gasteiger partial charge >= 0.3 is 0 Å². The van der Waals surface area contributed by atoms with E-state index < -0.39 is 0 Å². The zero-order valence-electron chi connectivity index (χ0n) is 14.9. The second-order valence-corrected chi connectivity index (χ2v) is 8.31. The molecule has 1 heterocycles. The Morgan fingerprint density at radius 2 is 1.30 bits per heavy atom. The monoisotopic (exact) mass is 480 g/mol. The lowest BCUT2D eigenvalue weighted by Crippen LogP contribution is -2.04. The van der Waals surface area contributed by atoms with E-state index in [2.05, 4.69) is 116 Å². The lowest BCUT2D eigenvalue weighted by atomic mass is 10.0. The smallest absolute Gasteiger partial charge is 0.0959 e. The zero-order chi connectivity index (χ0) is 18.8. The third-order valence-corrected chi connectivity index (χ3v) is 5.66. The lowest BCUT2D eigenvalue weighted by Gasteiger charge is -2.09. The molecule has 0 spiro atoms. The van der Waals surface area contributed by atoms with Gasteiger partial charge in [0.15, 0.2) is 0 Å². The Labute approximate surface area is 176 Å². The van der Waals surface area contributed by atoms with Crippen molar-refractivity contribution in [3.05, 3.63) is 98.9 Å². The van der Waals surface area contributed by atoms with Gasteiger partial charge in [0.1, 0.15) is 0 Å². The summed E-state index contributed by atoms with van der Waals surface area (Å²) in [4.78, 5) is 0. The summed E-state index contributed by atoms with van der Waals surface area (Å²) < 4.78 is 4.26. The minimum atomic E-state index is 0.740. The molecular weight excluding hydrogens is 464 g/mol. The largest absolute Gasteiger partial charge is 0.260 e. The Morgan fingerprint density at radius 1 is 0.741 bits per heavy atom. The first-order valence-electron chi connectivity index (χ1n) is 8.75. The SMILES string of the molecule is Cc1c(-c2ccc(Br)cc2)nn(Cc2ccccc2)c1-c1ccc(Br)cc1. The van der Waals surface area contributed by atoms with Gasteiger partial charge < -0.3 is 0 Å². The van der Waals surface area contributed by atoms with Crippen LogP contribution in [0.15, 0.2) is 87.8 Å². The van der Waals surface area contributed by atoms with Gasteiger partial charge in [0.05, 0.1) is 17.9 Å². The minimum absolute atomic E-state index is 0.740. The molecule has 2 nitrogen and oxygen atoms in total. The molecule has 27 heavy (non-hydrogen) atoms. The van der Waals surface area contributed by atoms with Gasteiger partial charge in [-0.3, -0.25) is 4.68 Å². The number of aromatic nitrogens is 2. The molecule has 0 atom stereocenters. The molecule has 1 aromatic heterocycles. The average Bonchev–Trinajstić information content (AvgIpc) is 3.00. The van der Waals surface area contributed by atoms with Crippen LogP contribution in [0.2, 0.25) is 0 Å². The first kappa shape index (κ1) is 18.2. The predicted molar refractivity (Wildman–Crippen MR) is 119 cm³/mol. The molecular formula is C23H18Br2N2. The van der Waals surface area contributed by atoms with Crippen molar-refractivity contribution in [2.75, 3.05) is 0 Å². The molecule has 0 saturated heterocycles. The highest BCUT2D eigenvalue weighted by atomic mass is 79.9. The van der Waals surface area contributed by atoms with Crippen LogP contribution < -0.4 is 0 Å². The summed E-state index contributed by atoms with van der Waals surface area (Å²) in [6.45, 7) is 2.90. The highest BCUT2D eigenvalue weighted by Crippen LogP contribution is 2.33. The van der Waals surface area contributed by atoms with Crippen LogP contribution in [0.5, 0.6) is 0 Å². The topological polar surface area (TPSA) is 17.8 Å². The van der Waals surface area contributed by atoms with Crippen molar-refractivity contribution >= 4 is 31.9 Å². The molecule has 0 radical (unpaired) electrons. The van der Waals surface area contributed by atoms with Crippen LogP contribution in [-0.4, -0.2) is 9.78 Å². The maximum absolute atomic E-state index is 4.99. The third-order valence-electron chi connectivity index (χ3n) is 4.60. The quantitative estimate of drug-likeness (QED) is 0.304. The fourth-order valence-corrected chi connectivity index (χ4v) is 3.81. The highest BCUT2D eigenvalue weighted by molar-refractivity contribution is 9.10. The number of benzene rings is 3. The number of hydrogen-bond donors (Lipinski definition) is 0. The molecule has 0 unspecified atom stereocenters. The van der Waals surface area contributed by atoms with Crippen LogP contribution in [0.4, 0.5) is 0 Å². The normalized spacial score (nSPS) is 10.9. The maximum Gasteiger partial charge on any atom is 0.0959 e. The van der Waals surface area contributed by atoms with Crippen molar-refractivity contribution in [2.45, 2.75) is 13.5 Å². The summed E-state index contributed by atoms with van der Waals surface area (Å²) in [5.74, 6) is 0. The van der Waals surface area contributed by atoms with Crippen LogP contribution in [0.3, 0.4) is 0 Å². The van der Waals surface area contributed by atoms with E-state index in [1.807, 2.05) is 6.07 Å². The molecule has 4 aromatic rings. The molecule has 0 aliphatic rings. The zero-order valence-corrected chi connectivity index (χ0v) is 18.0. The minimum Gasteiger partial charge on any atom is -0.260 e. The van der Waals surface area contributed by atoms with Crippen LogP contribution in [-0.2, 0) is 6.54 Å². The molecule has 134 valence electrons. The highest BCUT2D eigenvalue weighted by Gasteiger charge is 2.17. The van der Waals surface area contributed by atoms with Crippen molar-refractivity contribution in [2.24, 2.45) is 0 Å². The van der Waals surface area contributed by atoms with Crippen LogP contribution >= 0.6 is 31.9 Å². The van der Waals surface area contributed by atoms with E-state index in [4.69, 9.17) is 5.10 Å². The molecule has 0 fully saturated rings. The van der Waals surface area contributed by atoms with Crippen molar-refractivity contribution in [3.8, 4) is 22.5 Å². The van der Waals surface area contributed by atoms with Crippen molar-refractivity contribution < 1.29 is 0 Å². The van der Waals surface area contributed by atoms with Crippen LogP contribution in [0, 0.1) is 6.92 Å². The second-order valence-electron chi connectivity index (χ2n) is 6.48. The van der Waals surface area contributed by atoms with Gasteiger partial charge in [-0.15, -0.1) is 0 Å². The molecule has 0 saturated carbocycles. The molecule has 0 amide bonds. The third kappa shape index (κ3) is 3.92. The Kier molecular flexibility index (Phi) is 5.28. The standard InChI is InChI=1S/C23H18Br2N2/c1-16-22(18-7-11-20(24)12-8-18)26-27(15-17-5-3-2-4-6-17)23(16)19-9-13-21(25)14-10-19/h2-14H,15H2,1H3. The fourth-order valence-electron chi connectivity index (χ4n) is 3.28. The summed E-state index contributed by atoms with van der Waals surface area (Å²) >= 11 is 7.04. The molecule has 4 rings (SSSR count). The summed E-state index contributed by atoms with van der Waals surface area (Å²) in [5.41, 5.74) is 6.90. The Morgan fingerprint density at radius 3 is 1.89 bits per heavy atom. The van der Waals surface area contributed by atoms with E-state index in [1.54, 1.807) is 0 Å². The first-order chi connectivity index (χ1) is 13.1. The van der Waals surface area contributed by atoms with Crippen molar-refractivity contribution in [1.29, 1.82) is 0 Å². The van der Waals surface area contributed by atoms with E-state index in [0.29, 0.717) is 0 Å². The summed E-state index contributed by atoms with van der Waals surface area (Å²) in [7, 11) is 0. The van der Waals surface area contributed by atoms with Gasteiger partial charge in [0, 0.05) is 25.6 Å². The van der Waals surface area contributed by atoms with E-state index in [1.165, 1.54) is 16.7 Å². The summed E-state index contributed by atoms with van der Waals surface area (Å²) in [6, 6.07) is 27.2. The van der Waals surface area contributed by atoms with Gasteiger partial charge in [-0.2, -0.15) is 5.10 Å². The van der Waals surface area contributed by atoms with Gasteiger partial charge in [-0.25, -0.2) is 0 Å². The summed E-state index contributed by atoms with van der Waals surface area (Å²) in [6.07, 6.45) is 0. The molecule has 0 aliphatic carbocycles. The number of halogens is 2. The van der Waals surface area contributed by atoms with E-state index >= 15 is 0 Å². The lowest BCUT2D eigenvalue weighted by molar-refractivity contribution is 0.696. The average molecular weight is 482 g/mol. The van der Waals surface area contributed by atoms with E-state index in [9.17, 15) is 0 Å². The molecule has 0 aliphatic heterocycles. The molecule has 4 heteroatoms. The van der Waals surface area contributed by atoms with Gasteiger partial charge in [0.25, 0.3) is 0 Å². The second kappa shape index (κ2) is 7.83. The van der Waals surface area contributed by atoms with Crippen molar-refractivity contribution in [1.82, 2.24) is 9.78 Å². The number of nitrogens with zero attached hydrogens (tertiary/aromatic N) is 2. The van der Waals surface area contributed by atoms with E-state index in [-0.39, 0.29) is 0 Å². The van der Waals surface area contributed by atoms with Crippen LogP contribution in [0.25, 0.3) is 22.5 Å². The number of hydrogen-bond acceptors (Lipinski definition) is 1. The maximum atomic E-state index is 4.99.